The van der Waals surface area contributed by atoms with E-state index in [4.69, 9.17) is 4.74 Å². The maximum Gasteiger partial charge on any atom is 0.337 e. The van der Waals surface area contributed by atoms with Gasteiger partial charge in [-0.3, -0.25) is 4.98 Å². The van der Waals surface area contributed by atoms with Crippen molar-refractivity contribution in [2.75, 3.05) is 6.61 Å². The molecular weight excluding hydrogens is 298 g/mol. The second-order valence-electron chi connectivity index (χ2n) is 4.64. The zero-order chi connectivity index (χ0) is 16.1. The Morgan fingerprint density at radius 2 is 2.27 bits per heavy atom. The number of carbonyl (C=O) groups is 1. The number of dihydropyridines is 1. The van der Waals surface area contributed by atoms with Crippen LogP contribution in [-0.4, -0.2) is 17.6 Å². The number of nitrogens with zero attached hydrogens (tertiary/aromatic N) is 2. The van der Waals surface area contributed by atoms with E-state index in [2.05, 4.69) is 35.6 Å². The molecule has 6 heteroatoms. The van der Waals surface area contributed by atoms with Crippen molar-refractivity contribution in [3.05, 3.63) is 64.6 Å². The van der Waals surface area contributed by atoms with E-state index in [1.54, 1.807) is 31.5 Å². The highest BCUT2D eigenvalue weighted by molar-refractivity contribution is 7.84. The van der Waals surface area contributed by atoms with Crippen LogP contribution in [0, 0.1) is 11.3 Å². The Bertz CT molecular complexity index is 702. The molecule has 22 heavy (non-hydrogen) atoms. The van der Waals surface area contributed by atoms with Crippen LogP contribution in [0.5, 0.6) is 0 Å². The number of thiol groups is 1. The maximum atomic E-state index is 12.4. The summed E-state index contributed by atoms with van der Waals surface area (Å²) < 4.78 is 5.15. The van der Waals surface area contributed by atoms with E-state index in [1.165, 1.54) is 6.08 Å². The van der Waals surface area contributed by atoms with Crippen molar-refractivity contribution >= 4 is 18.6 Å². The van der Waals surface area contributed by atoms with Gasteiger partial charge in [0.25, 0.3) is 0 Å². The topological polar surface area (TPSA) is 75.0 Å². The third-order valence-corrected chi connectivity index (χ3v) is 3.61. The van der Waals surface area contributed by atoms with E-state index < -0.39 is 11.9 Å². The van der Waals surface area contributed by atoms with E-state index in [-0.39, 0.29) is 6.61 Å². The van der Waals surface area contributed by atoms with E-state index >= 15 is 0 Å². The minimum atomic E-state index is -0.529. The van der Waals surface area contributed by atoms with Crippen LogP contribution >= 0.6 is 12.6 Å². The molecule has 1 aromatic rings. The molecule has 0 bridgehead atoms. The Kier molecular flexibility index (Phi) is 5.02. The number of ether oxygens (including phenoxy) is 1. The quantitative estimate of drug-likeness (QED) is 0.507. The molecule has 0 saturated carbocycles. The maximum absolute atomic E-state index is 12.4. The average molecular weight is 313 g/mol. The zero-order valence-electron chi connectivity index (χ0n) is 12.0. The molecule has 1 unspecified atom stereocenters. The van der Waals surface area contributed by atoms with E-state index in [0.29, 0.717) is 21.9 Å². The number of carbonyl (C=O) groups excluding carboxylic acids is 1. The van der Waals surface area contributed by atoms with Crippen molar-refractivity contribution in [2.45, 2.75) is 12.8 Å². The van der Waals surface area contributed by atoms with Crippen molar-refractivity contribution in [3.8, 4) is 6.07 Å². The summed E-state index contributed by atoms with van der Waals surface area (Å²) >= 11 is 4.31. The third kappa shape index (κ3) is 3.05. The molecule has 5 nitrogen and oxygen atoms in total. The van der Waals surface area contributed by atoms with Gasteiger partial charge in [-0.15, -0.1) is 12.6 Å². The first kappa shape index (κ1) is 15.9. The summed E-state index contributed by atoms with van der Waals surface area (Å²) in [6, 6.07) is 5.65. The molecule has 0 aliphatic carbocycles. The van der Waals surface area contributed by atoms with Crippen LogP contribution in [0.3, 0.4) is 0 Å². The van der Waals surface area contributed by atoms with Crippen LogP contribution in [0.4, 0.5) is 0 Å². The van der Waals surface area contributed by atoms with E-state index in [0.717, 1.165) is 5.56 Å². The summed E-state index contributed by atoms with van der Waals surface area (Å²) in [6.07, 6.45) is 4.73. The molecule has 0 spiro atoms. The molecule has 2 heterocycles. The normalized spacial score (nSPS) is 17.6. The highest BCUT2D eigenvalue weighted by Crippen LogP contribution is 2.38. The number of esters is 1. The van der Waals surface area contributed by atoms with Gasteiger partial charge in [-0.25, -0.2) is 4.79 Å². The SMILES string of the molecule is C=CCOC(=O)C1=C(C)NC(S)=C(C#N)C1c1ccncc1. The lowest BCUT2D eigenvalue weighted by atomic mass is 9.83. The molecule has 0 radical (unpaired) electrons. The van der Waals surface area contributed by atoms with Gasteiger partial charge in [0.05, 0.1) is 28.2 Å². The molecule has 1 atom stereocenters. The number of hydrogen-bond acceptors (Lipinski definition) is 6. The first-order valence-corrected chi connectivity index (χ1v) is 7.03. The number of aromatic nitrogens is 1. The van der Waals surface area contributed by atoms with Gasteiger partial charge >= 0.3 is 5.97 Å². The van der Waals surface area contributed by atoms with Crippen LogP contribution in [0.15, 0.2) is 59.1 Å². The lowest BCUT2D eigenvalue weighted by Crippen LogP contribution is -2.28. The minimum Gasteiger partial charge on any atom is -0.458 e. The second-order valence-corrected chi connectivity index (χ2v) is 5.09. The predicted octanol–water partition coefficient (Wildman–Crippen LogP) is 2.44. The van der Waals surface area contributed by atoms with Crippen molar-refractivity contribution in [1.82, 2.24) is 10.3 Å². The van der Waals surface area contributed by atoms with Crippen molar-refractivity contribution < 1.29 is 9.53 Å². The van der Waals surface area contributed by atoms with Crippen molar-refractivity contribution in [1.29, 1.82) is 5.26 Å². The minimum absolute atomic E-state index is 0.109. The fourth-order valence-corrected chi connectivity index (χ4v) is 2.65. The predicted molar refractivity (Wildman–Crippen MR) is 85.6 cm³/mol. The van der Waals surface area contributed by atoms with Crippen molar-refractivity contribution in [2.24, 2.45) is 0 Å². The lowest BCUT2D eigenvalue weighted by Gasteiger charge is -2.27. The Morgan fingerprint density at radius 1 is 1.59 bits per heavy atom. The van der Waals surface area contributed by atoms with Crippen LogP contribution < -0.4 is 5.32 Å². The molecule has 0 amide bonds. The van der Waals surface area contributed by atoms with E-state index in [9.17, 15) is 10.1 Å². The number of pyridine rings is 1. The van der Waals surface area contributed by atoms with Gasteiger partial charge in [-0.2, -0.15) is 5.26 Å². The Hall–Kier alpha value is -2.52. The molecule has 1 aliphatic heterocycles. The molecule has 112 valence electrons. The molecule has 0 fully saturated rings. The number of nitrogens with one attached hydrogen (secondary N) is 1. The zero-order valence-corrected chi connectivity index (χ0v) is 12.9. The second kappa shape index (κ2) is 6.96. The third-order valence-electron chi connectivity index (χ3n) is 3.25. The van der Waals surface area contributed by atoms with Gasteiger partial charge in [0, 0.05) is 18.1 Å². The van der Waals surface area contributed by atoms with Gasteiger partial charge in [0.2, 0.25) is 0 Å². The Morgan fingerprint density at radius 3 is 2.86 bits per heavy atom. The lowest BCUT2D eigenvalue weighted by molar-refractivity contribution is -0.138. The monoisotopic (exact) mass is 313 g/mol. The van der Waals surface area contributed by atoms with Crippen molar-refractivity contribution in [3.63, 3.8) is 0 Å². The molecule has 1 aliphatic rings. The fourth-order valence-electron chi connectivity index (χ4n) is 2.30. The first-order chi connectivity index (χ1) is 10.6. The van der Waals surface area contributed by atoms with Gasteiger partial charge in [-0.1, -0.05) is 12.7 Å². The number of allylic oxidation sites excluding steroid dienone is 2. The average Bonchev–Trinajstić information content (AvgIpc) is 2.52. The van der Waals surface area contributed by atoms with Gasteiger partial charge in [0.15, 0.2) is 0 Å². The first-order valence-electron chi connectivity index (χ1n) is 6.59. The molecule has 2 rings (SSSR count). The highest BCUT2D eigenvalue weighted by atomic mass is 32.1. The number of hydrogen-bond donors (Lipinski definition) is 2. The summed E-state index contributed by atoms with van der Waals surface area (Å²) in [5.74, 6) is -1.01. The van der Waals surface area contributed by atoms with E-state index in [1.807, 2.05) is 0 Å². The number of rotatable bonds is 4. The smallest absolute Gasteiger partial charge is 0.337 e. The molecular formula is C16H15N3O2S. The molecule has 1 N–H and O–H groups in total. The standard InChI is InChI=1S/C16H15N3O2S/c1-3-8-21-16(20)13-10(2)19-15(22)12(9-17)14(13)11-4-6-18-7-5-11/h3-7,14,19,22H,1,8H2,2H3. The molecule has 0 aromatic carbocycles. The van der Waals surface area contributed by atoms with Crippen LogP contribution in [0.25, 0.3) is 0 Å². The summed E-state index contributed by atoms with van der Waals surface area (Å²) in [5, 5.41) is 12.8. The highest BCUT2D eigenvalue weighted by Gasteiger charge is 2.34. The summed E-state index contributed by atoms with van der Waals surface area (Å²) in [7, 11) is 0. The van der Waals surface area contributed by atoms with Gasteiger partial charge in [-0.05, 0) is 24.6 Å². The summed E-state index contributed by atoms with van der Waals surface area (Å²) in [6.45, 7) is 5.39. The van der Waals surface area contributed by atoms with Crippen LogP contribution in [-0.2, 0) is 9.53 Å². The van der Waals surface area contributed by atoms with Gasteiger partial charge in [0.1, 0.15) is 6.61 Å². The molecule has 1 aromatic heterocycles. The summed E-state index contributed by atoms with van der Waals surface area (Å²) in [5.41, 5.74) is 2.15. The largest absolute Gasteiger partial charge is 0.458 e. The Labute approximate surface area is 134 Å². The van der Waals surface area contributed by atoms with Crippen LogP contribution in [0.1, 0.15) is 18.4 Å². The van der Waals surface area contributed by atoms with Gasteiger partial charge < -0.3 is 10.1 Å². The Balaban J connectivity index is 2.53. The van der Waals surface area contributed by atoms with Crippen LogP contribution in [0.2, 0.25) is 0 Å². The molecule has 0 saturated heterocycles. The number of nitriles is 1. The fraction of sp³-hybridized carbons (Fsp3) is 0.188. The summed E-state index contributed by atoms with van der Waals surface area (Å²) in [4.78, 5) is 16.3.